The lowest BCUT2D eigenvalue weighted by Crippen LogP contribution is -2.50. The van der Waals surface area contributed by atoms with Gasteiger partial charge in [0.25, 0.3) is 0 Å². The topological polar surface area (TPSA) is 47.7 Å². The molecule has 20 heavy (non-hydrogen) atoms. The van der Waals surface area contributed by atoms with Gasteiger partial charge in [-0.2, -0.15) is 0 Å². The summed E-state index contributed by atoms with van der Waals surface area (Å²) in [4.78, 5) is 2.27. The third-order valence-electron chi connectivity index (χ3n) is 4.72. The second-order valence-corrected chi connectivity index (χ2v) is 5.76. The van der Waals surface area contributed by atoms with E-state index in [1.165, 1.54) is 12.8 Å². The first-order chi connectivity index (χ1) is 9.56. The van der Waals surface area contributed by atoms with Crippen molar-refractivity contribution in [3.05, 3.63) is 23.8 Å². The average Bonchev–Trinajstić information content (AvgIpc) is 2.96. The molecule has 4 nitrogen and oxygen atoms in total. The Kier molecular flexibility index (Phi) is 4.55. The van der Waals surface area contributed by atoms with Gasteiger partial charge in [-0.15, -0.1) is 0 Å². The number of methoxy groups -OCH3 is 2. The molecule has 0 heterocycles. The highest BCUT2D eigenvalue weighted by atomic mass is 16.5. The number of hydrogen-bond donors (Lipinski definition) is 1. The molecule has 1 aliphatic carbocycles. The van der Waals surface area contributed by atoms with Crippen molar-refractivity contribution in [2.24, 2.45) is 5.73 Å². The van der Waals surface area contributed by atoms with Crippen LogP contribution in [0.3, 0.4) is 0 Å². The van der Waals surface area contributed by atoms with Gasteiger partial charge < -0.3 is 20.1 Å². The molecule has 0 bridgehead atoms. The minimum absolute atomic E-state index is 0.0120. The van der Waals surface area contributed by atoms with Crippen LogP contribution in [0.1, 0.15) is 37.3 Å². The number of nitrogens with two attached hydrogens (primary N) is 1. The number of rotatable bonds is 5. The number of hydrogen-bond acceptors (Lipinski definition) is 4. The summed E-state index contributed by atoms with van der Waals surface area (Å²) in [5.74, 6) is 1.62. The molecule has 1 unspecified atom stereocenters. The Morgan fingerprint density at radius 3 is 2.00 bits per heavy atom. The molecule has 112 valence electrons. The molecule has 2 N–H and O–H groups in total. The van der Waals surface area contributed by atoms with Gasteiger partial charge in [-0.1, -0.05) is 18.9 Å². The zero-order valence-corrected chi connectivity index (χ0v) is 13.0. The van der Waals surface area contributed by atoms with E-state index in [9.17, 15) is 0 Å². The van der Waals surface area contributed by atoms with Crippen molar-refractivity contribution in [1.82, 2.24) is 4.90 Å². The zero-order chi connectivity index (χ0) is 14.8. The SMILES string of the molecule is COc1cccc(OC)c1C(N)C1(N(C)C)CCCC1. The average molecular weight is 278 g/mol. The van der Waals surface area contributed by atoms with Gasteiger partial charge in [0.1, 0.15) is 11.5 Å². The highest BCUT2D eigenvalue weighted by Gasteiger charge is 2.44. The lowest BCUT2D eigenvalue weighted by Gasteiger charge is -2.42. The van der Waals surface area contributed by atoms with Crippen molar-refractivity contribution in [1.29, 1.82) is 0 Å². The van der Waals surface area contributed by atoms with Crippen LogP contribution in [0.15, 0.2) is 18.2 Å². The molecule has 1 fully saturated rings. The molecule has 1 atom stereocenters. The monoisotopic (exact) mass is 278 g/mol. The van der Waals surface area contributed by atoms with E-state index in [4.69, 9.17) is 15.2 Å². The Bertz CT molecular complexity index is 432. The van der Waals surface area contributed by atoms with Gasteiger partial charge in [0.2, 0.25) is 0 Å². The molecule has 0 aliphatic heterocycles. The van der Waals surface area contributed by atoms with Gasteiger partial charge in [-0.05, 0) is 39.1 Å². The Morgan fingerprint density at radius 2 is 1.60 bits per heavy atom. The number of nitrogens with zero attached hydrogens (tertiary/aromatic N) is 1. The fourth-order valence-corrected chi connectivity index (χ4v) is 3.48. The quantitative estimate of drug-likeness (QED) is 0.899. The maximum absolute atomic E-state index is 6.69. The van der Waals surface area contributed by atoms with Crippen LogP contribution in [0.5, 0.6) is 11.5 Å². The van der Waals surface area contributed by atoms with Crippen LogP contribution in [-0.2, 0) is 0 Å². The summed E-state index contributed by atoms with van der Waals surface area (Å²) in [6.07, 6.45) is 4.68. The summed E-state index contributed by atoms with van der Waals surface area (Å²) in [5, 5.41) is 0. The molecular weight excluding hydrogens is 252 g/mol. The minimum Gasteiger partial charge on any atom is -0.496 e. The van der Waals surface area contributed by atoms with E-state index < -0.39 is 0 Å². The van der Waals surface area contributed by atoms with E-state index in [1.54, 1.807) is 14.2 Å². The summed E-state index contributed by atoms with van der Waals surface area (Å²) in [7, 11) is 7.60. The normalized spacial score (nSPS) is 19.1. The largest absolute Gasteiger partial charge is 0.496 e. The Labute approximate surface area is 121 Å². The van der Waals surface area contributed by atoms with Crippen molar-refractivity contribution in [2.75, 3.05) is 28.3 Å². The van der Waals surface area contributed by atoms with Gasteiger partial charge in [0, 0.05) is 5.54 Å². The van der Waals surface area contributed by atoms with E-state index in [2.05, 4.69) is 19.0 Å². The van der Waals surface area contributed by atoms with Crippen molar-refractivity contribution < 1.29 is 9.47 Å². The number of benzene rings is 1. The predicted molar refractivity (Wildman–Crippen MR) is 81.4 cm³/mol. The molecule has 0 amide bonds. The maximum atomic E-state index is 6.69. The number of ether oxygens (including phenoxy) is 2. The Balaban J connectivity index is 2.49. The lowest BCUT2D eigenvalue weighted by atomic mass is 9.82. The molecule has 0 saturated heterocycles. The van der Waals surface area contributed by atoms with Gasteiger partial charge in [0.05, 0.1) is 25.8 Å². The van der Waals surface area contributed by atoms with Crippen LogP contribution in [-0.4, -0.2) is 38.8 Å². The van der Waals surface area contributed by atoms with E-state index in [0.29, 0.717) is 0 Å². The van der Waals surface area contributed by atoms with Crippen molar-refractivity contribution in [2.45, 2.75) is 37.3 Å². The fraction of sp³-hybridized carbons (Fsp3) is 0.625. The van der Waals surface area contributed by atoms with Crippen LogP contribution < -0.4 is 15.2 Å². The molecule has 1 saturated carbocycles. The van der Waals surface area contributed by atoms with Crippen LogP contribution in [0.2, 0.25) is 0 Å². The summed E-state index contributed by atoms with van der Waals surface area (Å²) < 4.78 is 11.0. The Hall–Kier alpha value is -1.26. The first kappa shape index (κ1) is 15.1. The molecule has 2 rings (SSSR count). The highest BCUT2D eigenvalue weighted by molar-refractivity contribution is 5.48. The molecule has 0 spiro atoms. The summed E-state index contributed by atoms with van der Waals surface area (Å²) in [6.45, 7) is 0. The molecule has 1 aliphatic rings. The molecule has 0 aromatic heterocycles. The van der Waals surface area contributed by atoms with Crippen molar-refractivity contribution in [3.8, 4) is 11.5 Å². The molecule has 0 radical (unpaired) electrons. The molecule has 1 aromatic rings. The standard InChI is InChI=1S/C16H26N2O2/c1-18(2)16(10-5-6-11-16)15(17)14-12(19-3)8-7-9-13(14)20-4/h7-9,15H,5-6,10-11,17H2,1-4H3. The van der Waals surface area contributed by atoms with Crippen LogP contribution in [0.25, 0.3) is 0 Å². The second-order valence-electron chi connectivity index (χ2n) is 5.76. The van der Waals surface area contributed by atoms with Crippen LogP contribution >= 0.6 is 0 Å². The summed E-state index contributed by atoms with van der Waals surface area (Å²) in [6, 6.07) is 5.72. The summed E-state index contributed by atoms with van der Waals surface area (Å²) >= 11 is 0. The van der Waals surface area contributed by atoms with Gasteiger partial charge in [0.15, 0.2) is 0 Å². The van der Waals surface area contributed by atoms with Crippen LogP contribution in [0.4, 0.5) is 0 Å². The predicted octanol–water partition coefficient (Wildman–Crippen LogP) is 2.58. The smallest absolute Gasteiger partial charge is 0.127 e. The van der Waals surface area contributed by atoms with Gasteiger partial charge in [-0.25, -0.2) is 0 Å². The highest BCUT2D eigenvalue weighted by Crippen LogP contribution is 2.46. The minimum atomic E-state index is -0.119. The van der Waals surface area contributed by atoms with E-state index >= 15 is 0 Å². The van der Waals surface area contributed by atoms with Crippen LogP contribution in [0, 0.1) is 0 Å². The van der Waals surface area contributed by atoms with Gasteiger partial charge in [-0.3, -0.25) is 0 Å². The molecule has 1 aromatic carbocycles. The molecular formula is C16H26N2O2. The zero-order valence-electron chi connectivity index (χ0n) is 13.0. The van der Waals surface area contributed by atoms with Crippen molar-refractivity contribution >= 4 is 0 Å². The second kappa shape index (κ2) is 6.02. The first-order valence-corrected chi connectivity index (χ1v) is 7.20. The number of likely N-dealkylation sites (N-methyl/N-ethyl adjacent to an activating group) is 1. The maximum Gasteiger partial charge on any atom is 0.127 e. The lowest BCUT2D eigenvalue weighted by molar-refractivity contribution is 0.120. The fourth-order valence-electron chi connectivity index (χ4n) is 3.48. The Morgan fingerprint density at radius 1 is 1.10 bits per heavy atom. The van der Waals surface area contributed by atoms with E-state index in [1.807, 2.05) is 18.2 Å². The van der Waals surface area contributed by atoms with E-state index in [-0.39, 0.29) is 11.6 Å². The third-order valence-corrected chi connectivity index (χ3v) is 4.72. The van der Waals surface area contributed by atoms with E-state index in [0.717, 1.165) is 29.9 Å². The molecule has 4 heteroatoms. The van der Waals surface area contributed by atoms with Gasteiger partial charge >= 0.3 is 0 Å². The first-order valence-electron chi connectivity index (χ1n) is 7.20. The van der Waals surface area contributed by atoms with Crippen molar-refractivity contribution in [3.63, 3.8) is 0 Å². The summed E-state index contributed by atoms with van der Waals surface area (Å²) in [5.41, 5.74) is 7.66. The third kappa shape index (κ3) is 2.38.